The Balaban J connectivity index is 1.87. The number of ether oxygens (including phenoxy) is 2. The molecule has 116 valence electrons. The highest BCUT2D eigenvalue weighted by Crippen LogP contribution is 2.10. The van der Waals surface area contributed by atoms with Crippen LogP contribution in [0.4, 0.5) is 0 Å². The van der Waals surface area contributed by atoms with Crippen molar-refractivity contribution in [2.45, 2.75) is 26.0 Å². The first-order valence-corrected chi connectivity index (χ1v) is 6.97. The Morgan fingerprint density at radius 1 is 1.18 bits per heavy atom. The predicted octanol–water partition coefficient (Wildman–Crippen LogP) is 2.31. The SMILES string of the molecule is COC(=O)c1ccc(C(=O)OC(C)CCn2cccn2)cc1. The summed E-state index contributed by atoms with van der Waals surface area (Å²) in [6, 6.07) is 8.02. The summed E-state index contributed by atoms with van der Waals surface area (Å²) in [6.45, 7) is 2.52. The average molecular weight is 302 g/mol. The van der Waals surface area contributed by atoms with E-state index < -0.39 is 11.9 Å². The lowest BCUT2D eigenvalue weighted by molar-refractivity contribution is 0.0313. The number of aryl methyl sites for hydroxylation is 1. The van der Waals surface area contributed by atoms with Crippen LogP contribution < -0.4 is 0 Å². The first-order chi connectivity index (χ1) is 10.6. The molecule has 0 spiro atoms. The second-order valence-electron chi connectivity index (χ2n) is 4.84. The zero-order valence-electron chi connectivity index (χ0n) is 12.6. The Morgan fingerprint density at radius 2 is 1.82 bits per heavy atom. The van der Waals surface area contributed by atoms with E-state index in [9.17, 15) is 9.59 Å². The molecule has 0 saturated carbocycles. The largest absolute Gasteiger partial charge is 0.465 e. The van der Waals surface area contributed by atoms with Crippen LogP contribution in [-0.2, 0) is 16.0 Å². The third-order valence-corrected chi connectivity index (χ3v) is 3.17. The number of nitrogens with zero attached hydrogens (tertiary/aromatic N) is 2. The number of esters is 2. The fourth-order valence-electron chi connectivity index (χ4n) is 1.92. The fourth-order valence-corrected chi connectivity index (χ4v) is 1.92. The van der Waals surface area contributed by atoms with E-state index >= 15 is 0 Å². The van der Waals surface area contributed by atoms with Crippen LogP contribution in [0.5, 0.6) is 0 Å². The maximum Gasteiger partial charge on any atom is 0.338 e. The summed E-state index contributed by atoms with van der Waals surface area (Å²) < 4.78 is 11.8. The molecule has 1 aromatic heterocycles. The van der Waals surface area contributed by atoms with Crippen molar-refractivity contribution in [1.29, 1.82) is 0 Å². The summed E-state index contributed by atoms with van der Waals surface area (Å²) in [5, 5.41) is 4.09. The van der Waals surface area contributed by atoms with Crippen LogP contribution in [0.1, 0.15) is 34.1 Å². The Labute approximate surface area is 128 Å². The van der Waals surface area contributed by atoms with Gasteiger partial charge in [-0.2, -0.15) is 5.10 Å². The molecule has 0 saturated heterocycles. The molecule has 1 heterocycles. The molecule has 0 amide bonds. The Hall–Kier alpha value is -2.63. The minimum atomic E-state index is -0.437. The van der Waals surface area contributed by atoms with Crippen LogP contribution in [0.2, 0.25) is 0 Å². The molecule has 0 aliphatic heterocycles. The molecule has 0 aliphatic rings. The molecule has 0 bridgehead atoms. The van der Waals surface area contributed by atoms with E-state index in [1.54, 1.807) is 23.0 Å². The van der Waals surface area contributed by atoms with Crippen LogP contribution in [-0.4, -0.2) is 34.9 Å². The lowest BCUT2D eigenvalue weighted by Crippen LogP contribution is -2.17. The van der Waals surface area contributed by atoms with E-state index in [4.69, 9.17) is 4.74 Å². The minimum absolute atomic E-state index is 0.225. The Bertz CT molecular complexity index is 620. The Kier molecular flexibility index (Phi) is 5.30. The molecular weight excluding hydrogens is 284 g/mol. The fraction of sp³-hybridized carbons (Fsp3) is 0.312. The second kappa shape index (κ2) is 7.40. The molecule has 0 fully saturated rings. The zero-order chi connectivity index (χ0) is 15.9. The lowest BCUT2D eigenvalue weighted by Gasteiger charge is -2.13. The highest BCUT2D eigenvalue weighted by atomic mass is 16.5. The summed E-state index contributed by atoms with van der Waals surface area (Å²) in [6.07, 6.45) is 4.02. The quantitative estimate of drug-likeness (QED) is 0.766. The molecule has 6 heteroatoms. The molecule has 0 radical (unpaired) electrons. The number of hydrogen-bond acceptors (Lipinski definition) is 5. The van der Waals surface area contributed by atoms with Crippen LogP contribution >= 0.6 is 0 Å². The molecule has 1 aromatic carbocycles. The molecule has 0 N–H and O–H groups in total. The minimum Gasteiger partial charge on any atom is -0.465 e. The first kappa shape index (κ1) is 15.8. The summed E-state index contributed by atoms with van der Waals surface area (Å²) in [5.74, 6) is -0.850. The number of rotatable bonds is 6. The highest BCUT2D eigenvalue weighted by molar-refractivity contribution is 5.93. The lowest BCUT2D eigenvalue weighted by atomic mass is 10.1. The molecule has 22 heavy (non-hydrogen) atoms. The predicted molar refractivity (Wildman–Crippen MR) is 79.5 cm³/mol. The van der Waals surface area contributed by atoms with Crippen LogP contribution in [0.25, 0.3) is 0 Å². The van der Waals surface area contributed by atoms with Gasteiger partial charge in [0.2, 0.25) is 0 Å². The van der Waals surface area contributed by atoms with Crippen LogP contribution in [0.3, 0.4) is 0 Å². The van der Waals surface area contributed by atoms with Crippen LogP contribution in [0.15, 0.2) is 42.7 Å². The van der Waals surface area contributed by atoms with Gasteiger partial charge in [-0.1, -0.05) is 0 Å². The standard InChI is InChI=1S/C16H18N2O4/c1-12(8-11-18-10-3-9-17-18)22-16(20)14-6-4-13(5-7-14)15(19)21-2/h3-7,9-10,12H,8,11H2,1-2H3. The van der Waals surface area contributed by atoms with Gasteiger partial charge >= 0.3 is 11.9 Å². The van der Waals surface area contributed by atoms with E-state index in [2.05, 4.69) is 9.84 Å². The molecule has 2 rings (SSSR count). The van der Waals surface area contributed by atoms with E-state index in [1.807, 2.05) is 19.2 Å². The van der Waals surface area contributed by atoms with Gasteiger partial charge < -0.3 is 9.47 Å². The first-order valence-electron chi connectivity index (χ1n) is 6.97. The van der Waals surface area contributed by atoms with Crippen molar-refractivity contribution in [1.82, 2.24) is 9.78 Å². The second-order valence-corrected chi connectivity index (χ2v) is 4.84. The van der Waals surface area contributed by atoms with Gasteiger partial charge in [0.25, 0.3) is 0 Å². The number of methoxy groups -OCH3 is 1. The maximum absolute atomic E-state index is 12.0. The van der Waals surface area contributed by atoms with Gasteiger partial charge in [0.15, 0.2) is 0 Å². The number of carbonyl (C=O) groups excluding carboxylic acids is 2. The maximum atomic E-state index is 12.0. The summed E-state index contributed by atoms with van der Waals surface area (Å²) in [7, 11) is 1.31. The smallest absolute Gasteiger partial charge is 0.338 e. The third-order valence-electron chi connectivity index (χ3n) is 3.17. The van der Waals surface area contributed by atoms with Gasteiger partial charge in [-0.3, -0.25) is 4.68 Å². The zero-order valence-corrected chi connectivity index (χ0v) is 12.6. The van der Waals surface area contributed by atoms with Gasteiger partial charge in [0.05, 0.1) is 18.2 Å². The topological polar surface area (TPSA) is 70.4 Å². The summed E-state index contributed by atoms with van der Waals surface area (Å²) >= 11 is 0. The summed E-state index contributed by atoms with van der Waals surface area (Å²) in [4.78, 5) is 23.3. The van der Waals surface area contributed by atoms with Crippen molar-refractivity contribution in [2.75, 3.05) is 7.11 Å². The number of benzene rings is 1. The number of hydrogen-bond donors (Lipinski definition) is 0. The van der Waals surface area contributed by atoms with E-state index in [0.29, 0.717) is 24.1 Å². The van der Waals surface area contributed by atoms with Crippen molar-refractivity contribution in [3.8, 4) is 0 Å². The Morgan fingerprint density at radius 3 is 2.36 bits per heavy atom. The van der Waals surface area contributed by atoms with E-state index in [0.717, 1.165) is 0 Å². The van der Waals surface area contributed by atoms with Gasteiger partial charge in [-0.25, -0.2) is 9.59 Å². The van der Waals surface area contributed by atoms with Crippen molar-refractivity contribution in [3.63, 3.8) is 0 Å². The van der Waals surface area contributed by atoms with E-state index in [-0.39, 0.29) is 6.10 Å². The molecular formula is C16H18N2O4. The molecule has 1 atom stereocenters. The third kappa shape index (κ3) is 4.18. The van der Waals surface area contributed by atoms with Crippen molar-refractivity contribution in [3.05, 3.63) is 53.9 Å². The van der Waals surface area contributed by atoms with Gasteiger partial charge in [0.1, 0.15) is 6.10 Å². The van der Waals surface area contributed by atoms with Gasteiger partial charge in [-0.05, 0) is 37.3 Å². The van der Waals surface area contributed by atoms with Crippen molar-refractivity contribution in [2.24, 2.45) is 0 Å². The van der Waals surface area contributed by atoms with Gasteiger partial charge in [0, 0.05) is 25.4 Å². The monoisotopic (exact) mass is 302 g/mol. The molecule has 0 aliphatic carbocycles. The van der Waals surface area contributed by atoms with Crippen LogP contribution in [0, 0.1) is 0 Å². The van der Waals surface area contributed by atoms with Gasteiger partial charge in [-0.15, -0.1) is 0 Å². The molecule has 6 nitrogen and oxygen atoms in total. The molecule has 2 aromatic rings. The summed E-state index contributed by atoms with van der Waals surface area (Å²) in [5.41, 5.74) is 0.796. The van der Waals surface area contributed by atoms with Crippen molar-refractivity contribution < 1.29 is 19.1 Å². The molecule has 1 unspecified atom stereocenters. The highest BCUT2D eigenvalue weighted by Gasteiger charge is 2.13. The number of aromatic nitrogens is 2. The average Bonchev–Trinajstić information content (AvgIpc) is 3.05. The van der Waals surface area contributed by atoms with Crippen molar-refractivity contribution >= 4 is 11.9 Å². The normalized spacial score (nSPS) is 11.7. The number of carbonyl (C=O) groups is 2. The van der Waals surface area contributed by atoms with E-state index in [1.165, 1.54) is 19.2 Å².